The van der Waals surface area contributed by atoms with Crippen molar-refractivity contribution < 1.29 is 4.74 Å². The Balaban J connectivity index is 1.64. The third-order valence-corrected chi connectivity index (χ3v) is 4.59. The number of hydrogen-bond donors (Lipinski definition) is 1. The first-order chi connectivity index (χ1) is 14.6. The lowest BCUT2D eigenvalue weighted by Gasteiger charge is -2.11. The number of benzene rings is 3. The molecule has 0 saturated carbocycles. The summed E-state index contributed by atoms with van der Waals surface area (Å²) >= 11 is 5.93. The maximum absolute atomic E-state index is 5.93. The third kappa shape index (κ3) is 4.75. The summed E-state index contributed by atoms with van der Waals surface area (Å²) in [7, 11) is 0. The van der Waals surface area contributed by atoms with Crippen molar-refractivity contribution in [3.05, 3.63) is 83.4 Å². The van der Waals surface area contributed by atoms with Gasteiger partial charge >= 0.3 is 0 Å². The Bertz CT molecular complexity index is 1170. The predicted molar refractivity (Wildman–Crippen MR) is 123 cm³/mol. The summed E-state index contributed by atoms with van der Waals surface area (Å²) in [4.78, 5) is 9.42. The lowest BCUT2D eigenvalue weighted by molar-refractivity contribution is 0.242. The van der Waals surface area contributed by atoms with Crippen LogP contribution in [0.3, 0.4) is 0 Å². The van der Waals surface area contributed by atoms with E-state index in [4.69, 9.17) is 26.3 Å². The average molecular weight is 417 g/mol. The SMILES string of the molecule is CC(C)Oc1ccc(-c2nc(NN=Cc3ccc(Cl)cc3)c3ccccc3n2)cc1. The van der Waals surface area contributed by atoms with Gasteiger partial charge in [0.05, 0.1) is 17.8 Å². The molecule has 0 aliphatic rings. The summed E-state index contributed by atoms with van der Waals surface area (Å²) in [6.45, 7) is 4.01. The quantitative estimate of drug-likeness (QED) is 0.301. The molecular formula is C24H21ClN4O. The Morgan fingerprint density at radius 1 is 0.933 bits per heavy atom. The molecule has 0 amide bonds. The molecule has 0 spiro atoms. The molecule has 0 aliphatic heterocycles. The van der Waals surface area contributed by atoms with Crippen LogP contribution in [0.1, 0.15) is 19.4 Å². The first-order valence-corrected chi connectivity index (χ1v) is 10.0. The highest BCUT2D eigenvalue weighted by atomic mass is 35.5. The lowest BCUT2D eigenvalue weighted by Crippen LogP contribution is -2.05. The Morgan fingerprint density at radius 3 is 2.40 bits per heavy atom. The van der Waals surface area contributed by atoms with Gasteiger partial charge in [-0.3, -0.25) is 5.43 Å². The molecule has 0 bridgehead atoms. The van der Waals surface area contributed by atoms with Crippen LogP contribution in [-0.4, -0.2) is 22.3 Å². The second-order valence-electron chi connectivity index (χ2n) is 7.03. The number of nitrogens with one attached hydrogen (secondary N) is 1. The van der Waals surface area contributed by atoms with Crippen LogP contribution in [0.15, 0.2) is 77.9 Å². The van der Waals surface area contributed by atoms with Crippen LogP contribution in [0.4, 0.5) is 5.82 Å². The van der Waals surface area contributed by atoms with Crippen LogP contribution in [0.25, 0.3) is 22.3 Å². The van der Waals surface area contributed by atoms with Gasteiger partial charge in [0.1, 0.15) is 5.75 Å². The molecule has 1 heterocycles. The second-order valence-corrected chi connectivity index (χ2v) is 7.46. The van der Waals surface area contributed by atoms with E-state index >= 15 is 0 Å². The van der Waals surface area contributed by atoms with E-state index in [1.165, 1.54) is 0 Å². The number of hydrogen-bond acceptors (Lipinski definition) is 5. The summed E-state index contributed by atoms with van der Waals surface area (Å²) < 4.78 is 5.72. The first kappa shape index (κ1) is 19.9. The van der Waals surface area contributed by atoms with Crippen LogP contribution in [-0.2, 0) is 0 Å². The summed E-state index contributed by atoms with van der Waals surface area (Å²) in [6.07, 6.45) is 1.85. The topological polar surface area (TPSA) is 59.4 Å². The second kappa shape index (κ2) is 8.93. The maximum Gasteiger partial charge on any atom is 0.162 e. The van der Waals surface area contributed by atoms with Crippen molar-refractivity contribution in [2.45, 2.75) is 20.0 Å². The van der Waals surface area contributed by atoms with Crippen LogP contribution >= 0.6 is 11.6 Å². The van der Waals surface area contributed by atoms with Gasteiger partial charge in [-0.05, 0) is 67.9 Å². The molecular weight excluding hydrogens is 396 g/mol. The van der Waals surface area contributed by atoms with Gasteiger partial charge in [-0.1, -0.05) is 35.9 Å². The largest absolute Gasteiger partial charge is 0.491 e. The van der Waals surface area contributed by atoms with Gasteiger partial charge in [-0.15, -0.1) is 0 Å². The molecule has 0 saturated heterocycles. The zero-order chi connectivity index (χ0) is 20.9. The minimum absolute atomic E-state index is 0.127. The van der Waals surface area contributed by atoms with E-state index in [9.17, 15) is 0 Å². The van der Waals surface area contributed by atoms with Gasteiger partial charge in [-0.2, -0.15) is 5.10 Å². The minimum atomic E-state index is 0.127. The van der Waals surface area contributed by atoms with Crippen molar-refractivity contribution in [1.29, 1.82) is 0 Å². The van der Waals surface area contributed by atoms with Crippen LogP contribution in [0.5, 0.6) is 5.75 Å². The van der Waals surface area contributed by atoms with Crippen LogP contribution < -0.4 is 10.2 Å². The zero-order valence-corrected chi connectivity index (χ0v) is 17.5. The average Bonchev–Trinajstić information content (AvgIpc) is 2.75. The van der Waals surface area contributed by atoms with E-state index in [2.05, 4.69) is 10.5 Å². The van der Waals surface area contributed by atoms with Crippen LogP contribution in [0.2, 0.25) is 5.02 Å². The number of aromatic nitrogens is 2. The lowest BCUT2D eigenvalue weighted by atomic mass is 10.1. The molecule has 0 atom stereocenters. The van der Waals surface area contributed by atoms with Gasteiger partial charge in [0.25, 0.3) is 0 Å². The number of hydrazone groups is 1. The number of ether oxygens (including phenoxy) is 1. The van der Waals surface area contributed by atoms with E-state index in [1.807, 2.05) is 86.6 Å². The van der Waals surface area contributed by atoms with E-state index in [-0.39, 0.29) is 6.10 Å². The highest BCUT2D eigenvalue weighted by Crippen LogP contribution is 2.26. The molecule has 0 fully saturated rings. The molecule has 0 unspecified atom stereocenters. The van der Waals surface area contributed by atoms with Crippen molar-refractivity contribution in [1.82, 2.24) is 9.97 Å². The van der Waals surface area contributed by atoms with E-state index < -0.39 is 0 Å². The van der Waals surface area contributed by atoms with Gasteiger partial charge in [0, 0.05) is 16.0 Å². The fourth-order valence-electron chi connectivity index (χ4n) is 2.96. The Hall–Kier alpha value is -3.44. The molecule has 150 valence electrons. The molecule has 1 N–H and O–H groups in total. The Kier molecular flexibility index (Phi) is 5.91. The summed E-state index contributed by atoms with van der Waals surface area (Å²) in [5.41, 5.74) is 5.74. The highest BCUT2D eigenvalue weighted by molar-refractivity contribution is 6.30. The molecule has 1 aromatic heterocycles. The standard InChI is InChI=1S/C24H21ClN4O/c1-16(2)30-20-13-9-18(10-14-20)23-27-22-6-4-3-5-21(22)24(28-23)29-26-15-17-7-11-19(25)12-8-17/h3-16H,1-2H3,(H,27,28,29). The fourth-order valence-corrected chi connectivity index (χ4v) is 3.09. The monoisotopic (exact) mass is 416 g/mol. The van der Waals surface area contributed by atoms with Crippen molar-refractivity contribution in [3.8, 4) is 17.1 Å². The number of para-hydroxylation sites is 1. The van der Waals surface area contributed by atoms with Crippen molar-refractivity contribution in [2.75, 3.05) is 5.43 Å². The number of anilines is 1. The summed E-state index contributed by atoms with van der Waals surface area (Å²) in [6, 6.07) is 23.1. The van der Waals surface area contributed by atoms with Crippen molar-refractivity contribution in [2.24, 2.45) is 5.10 Å². The number of fused-ring (bicyclic) bond motifs is 1. The molecule has 0 radical (unpaired) electrons. The molecule has 30 heavy (non-hydrogen) atoms. The summed E-state index contributed by atoms with van der Waals surface area (Å²) in [5.74, 6) is 2.08. The smallest absolute Gasteiger partial charge is 0.162 e. The number of nitrogens with zero attached hydrogens (tertiary/aromatic N) is 3. The molecule has 0 aliphatic carbocycles. The summed E-state index contributed by atoms with van der Waals surface area (Å²) in [5, 5.41) is 5.93. The highest BCUT2D eigenvalue weighted by Gasteiger charge is 2.09. The van der Waals surface area contributed by atoms with Crippen molar-refractivity contribution in [3.63, 3.8) is 0 Å². The van der Waals surface area contributed by atoms with E-state index in [1.54, 1.807) is 6.21 Å². The van der Waals surface area contributed by atoms with E-state index in [0.29, 0.717) is 16.7 Å². The van der Waals surface area contributed by atoms with Gasteiger partial charge in [-0.25, -0.2) is 9.97 Å². The normalized spacial score (nSPS) is 11.3. The molecule has 6 heteroatoms. The first-order valence-electron chi connectivity index (χ1n) is 9.67. The Labute approximate surface area is 180 Å². The molecule has 5 nitrogen and oxygen atoms in total. The van der Waals surface area contributed by atoms with E-state index in [0.717, 1.165) is 27.8 Å². The number of halogens is 1. The minimum Gasteiger partial charge on any atom is -0.491 e. The zero-order valence-electron chi connectivity index (χ0n) is 16.7. The van der Waals surface area contributed by atoms with Gasteiger partial charge in [0.15, 0.2) is 11.6 Å². The maximum atomic E-state index is 5.93. The number of rotatable bonds is 6. The molecule has 3 aromatic carbocycles. The van der Waals surface area contributed by atoms with Gasteiger partial charge in [0.2, 0.25) is 0 Å². The van der Waals surface area contributed by atoms with Crippen LogP contribution in [0, 0.1) is 0 Å². The molecule has 4 rings (SSSR count). The Morgan fingerprint density at radius 2 is 1.67 bits per heavy atom. The molecule has 4 aromatic rings. The predicted octanol–water partition coefficient (Wildman–Crippen LogP) is 6.18. The third-order valence-electron chi connectivity index (χ3n) is 4.34. The van der Waals surface area contributed by atoms with Crippen molar-refractivity contribution >= 4 is 34.5 Å². The fraction of sp³-hybridized carbons (Fsp3) is 0.125. The van der Waals surface area contributed by atoms with Gasteiger partial charge < -0.3 is 4.74 Å².